The summed E-state index contributed by atoms with van der Waals surface area (Å²) in [6, 6.07) is 2.22. The summed E-state index contributed by atoms with van der Waals surface area (Å²) in [5, 5.41) is 0. The summed E-state index contributed by atoms with van der Waals surface area (Å²) >= 11 is 0. The van der Waals surface area contributed by atoms with E-state index in [1.807, 2.05) is 13.1 Å². The Hall–Kier alpha value is -0.890. The van der Waals surface area contributed by atoms with Crippen LogP contribution in [0.5, 0.6) is 0 Å². The molecule has 1 heterocycles. The molecule has 2 N–H and O–H groups in total. The highest BCUT2D eigenvalue weighted by atomic mass is 14.8. The fourth-order valence-corrected chi connectivity index (χ4v) is 1.79. The largest absolute Gasteiger partial charge is 0.323 e. The Morgan fingerprint density at radius 3 is 2.33 bits per heavy atom. The first-order valence-electron chi connectivity index (χ1n) is 5.92. The highest BCUT2D eigenvalue weighted by molar-refractivity contribution is 5.28. The summed E-state index contributed by atoms with van der Waals surface area (Å²) < 4.78 is 0. The molecule has 0 aliphatic rings. The lowest BCUT2D eigenvalue weighted by Gasteiger charge is -2.11. The van der Waals surface area contributed by atoms with Crippen molar-refractivity contribution in [3.63, 3.8) is 0 Å². The number of pyridine rings is 1. The zero-order valence-corrected chi connectivity index (χ0v) is 10.1. The Kier molecular flexibility index (Phi) is 4.76. The molecule has 0 radical (unpaired) electrons. The van der Waals surface area contributed by atoms with Gasteiger partial charge in [0.15, 0.2) is 0 Å². The molecule has 2 heteroatoms. The average molecular weight is 206 g/mol. The third-order valence-corrected chi connectivity index (χ3v) is 2.61. The molecule has 0 aliphatic carbocycles. The number of aryl methyl sites for hydroxylation is 2. The normalized spacial score (nSPS) is 12.8. The number of aromatic nitrogens is 1. The molecule has 84 valence electrons. The van der Waals surface area contributed by atoms with Crippen LogP contribution in [0.2, 0.25) is 0 Å². The van der Waals surface area contributed by atoms with Gasteiger partial charge < -0.3 is 5.73 Å². The lowest BCUT2D eigenvalue weighted by atomic mass is 10.00. The minimum Gasteiger partial charge on any atom is -0.323 e. The molecule has 0 spiro atoms. The predicted molar refractivity (Wildman–Crippen MR) is 64.8 cm³/mol. The summed E-state index contributed by atoms with van der Waals surface area (Å²) in [5.74, 6) is 0. The molecule has 0 bridgehead atoms. The fraction of sp³-hybridized carbons (Fsp3) is 0.615. The molecule has 0 aromatic carbocycles. The molecule has 1 aromatic rings. The second-order valence-corrected chi connectivity index (χ2v) is 4.17. The van der Waals surface area contributed by atoms with Gasteiger partial charge in [-0.15, -0.1) is 0 Å². The summed E-state index contributed by atoms with van der Waals surface area (Å²) in [6.45, 7) is 6.40. The number of rotatable bonds is 5. The molecule has 15 heavy (non-hydrogen) atoms. The van der Waals surface area contributed by atoms with Crippen molar-refractivity contribution >= 4 is 0 Å². The molecular formula is C13H22N2. The minimum absolute atomic E-state index is 0.0382. The van der Waals surface area contributed by atoms with Crippen molar-refractivity contribution in [3.8, 4) is 0 Å². The lowest BCUT2D eigenvalue weighted by Crippen LogP contribution is -2.09. The van der Waals surface area contributed by atoms with Crippen LogP contribution in [0.4, 0.5) is 0 Å². The second-order valence-electron chi connectivity index (χ2n) is 4.17. The Labute approximate surface area is 92.9 Å². The maximum absolute atomic E-state index is 5.84. The Balaban J connectivity index is 2.97. The lowest BCUT2D eigenvalue weighted by molar-refractivity contribution is 0.764. The molecule has 0 fully saturated rings. The van der Waals surface area contributed by atoms with Crippen LogP contribution in [0, 0.1) is 0 Å². The van der Waals surface area contributed by atoms with Gasteiger partial charge in [0.25, 0.3) is 0 Å². The molecule has 2 nitrogen and oxygen atoms in total. The van der Waals surface area contributed by atoms with Crippen molar-refractivity contribution in [2.75, 3.05) is 0 Å². The first-order chi connectivity index (χ1) is 7.19. The van der Waals surface area contributed by atoms with Gasteiger partial charge >= 0.3 is 0 Å². The van der Waals surface area contributed by atoms with Gasteiger partial charge in [0.1, 0.15) is 0 Å². The van der Waals surface area contributed by atoms with Crippen LogP contribution in [-0.2, 0) is 12.8 Å². The van der Waals surface area contributed by atoms with Gasteiger partial charge in [-0.1, -0.05) is 26.7 Å². The van der Waals surface area contributed by atoms with E-state index in [1.165, 1.54) is 24.0 Å². The molecule has 0 amide bonds. The van der Waals surface area contributed by atoms with E-state index in [9.17, 15) is 0 Å². The highest BCUT2D eigenvalue weighted by Gasteiger charge is 2.06. The predicted octanol–water partition coefficient (Wildman–Crippen LogP) is 3.01. The monoisotopic (exact) mass is 206 g/mol. The van der Waals surface area contributed by atoms with E-state index in [2.05, 4.69) is 24.9 Å². The maximum Gasteiger partial charge on any atom is 0.0571 e. The van der Waals surface area contributed by atoms with Crippen LogP contribution in [0.1, 0.15) is 56.5 Å². The van der Waals surface area contributed by atoms with Crippen LogP contribution in [0.15, 0.2) is 12.3 Å². The van der Waals surface area contributed by atoms with Crippen molar-refractivity contribution < 1.29 is 0 Å². The second kappa shape index (κ2) is 5.86. The molecule has 1 atom stereocenters. The van der Waals surface area contributed by atoms with Crippen molar-refractivity contribution in [3.05, 3.63) is 29.1 Å². The van der Waals surface area contributed by atoms with Crippen LogP contribution >= 0.6 is 0 Å². The number of hydrogen-bond acceptors (Lipinski definition) is 2. The van der Waals surface area contributed by atoms with E-state index in [-0.39, 0.29) is 6.04 Å². The van der Waals surface area contributed by atoms with Crippen LogP contribution in [0.3, 0.4) is 0 Å². The summed E-state index contributed by atoms with van der Waals surface area (Å²) in [7, 11) is 0. The molecule has 0 saturated heterocycles. The van der Waals surface area contributed by atoms with Crippen molar-refractivity contribution in [2.24, 2.45) is 5.73 Å². The van der Waals surface area contributed by atoms with Crippen molar-refractivity contribution in [1.82, 2.24) is 4.98 Å². The van der Waals surface area contributed by atoms with Crippen LogP contribution in [-0.4, -0.2) is 4.98 Å². The zero-order valence-electron chi connectivity index (χ0n) is 10.1. The minimum atomic E-state index is 0.0382. The van der Waals surface area contributed by atoms with Crippen LogP contribution in [0.25, 0.3) is 0 Å². The first kappa shape index (κ1) is 12.2. The Morgan fingerprint density at radius 1 is 1.20 bits per heavy atom. The van der Waals surface area contributed by atoms with Gasteiger partial charge in [0, 0.05) is 12.2 Å². The quantitative estimate of drug-likeness (QED) is 0.804. The molecule has 0 aliphatic heterocycles. The summed E-state index contributed by atoms with van der Waals surface area (Å²) in [4.78, 5) is 4.41. The smallest absolute Gasteiger partial charge is 0.0571 e. The third kappa shape index (κ3) is 3.31. The SMILES string of the molecule is CCCc1cnc(C(C)N)cc1CCC. The summed E-state index contributed by atoms with van der Waals surface area (Å²) in [5.41, 5.74) is 9.68. The molecule has 1 aromatic heterocycles. The zero-order chi connectivity index (χ0) is 11.3. The fourth-order valence-electron chi connectivity index (χ4n) is 1.79. The topological polar surface area (TPSA) is 38.9 Å². The van der Waals surface area contributed by atoms with Gasteiger partial charge in [-0.25, -0.2) is 0 Å². The molecule has 1 rings (SSSR count). The van der Waals surface area contributed by atoms with Crippen molar-refractivity contribution in [2.45, 2.75) is 52.5 Å². The number of nitrogens with zero attached hydrogens (tertiary/aromatic N) is 1. The Bertz CT molecular complexity index is 305. The Morgan fingerprint density at radius 2 is 1.80 bits per heavy atom. The molecular weight excluding hydrogens is 184 g/mol. The average Bonchev–Trinajstić information content (AvgIpc) is 2.21. The number of hydrogen-bond donors (Lipinski definition) is 1. The molecule has 1 unspecified atom stereocenters. The first-order valence-corrected chi connectivity index (χ1v) is 5.92. The highest BCUT2D eigenvalue weighted by Crippen LogP contribution is 2.16. The third-order valence-electron chi connectivity index (χ3n) is 2.61. The van der Waals surface area contributed by atoms with E-state index in [4.69, 9.17) is 5.73 Å². The van der Waals surface area contributed by atoms with E-state index in [0.29, 0.717) is 0 Å². The number of nitrogens with two attached hydrogens (primary N) is 1. The van der Waals surface area contributed by atoms with Crippen molar-refractivity contribution in [1.29, 1.82) is 0 Å². The summed E-state index contributed by atoms with van der Waals surface area (Å²) in [6.07, 6.45) is 6.63. The van der Waals surface area contributed by atoms with E-state index >= 15 is 0 Å². The van der Waals surface area contributed by atoms with E-state index in [1.54, 1.807) is 0 Å². The van der Waals surface area contributed by atoms with Gasteiger partial charge in [0.05, 0.1) is 5.69 Å². The van der Waals surface area contributed by atoms with Gasteiger partial charge in [-0.2, -0.15) is 0 Å². The maximum atomic E-state index is 5.84. The van der Waals surface area contributed by atoms with Gasteiger partial charge in [-0.05, 0) is 37.0 Å². The van der Waals surface area contributed by atoms with Gasteiger partial charge in [0.2, 0.25) is 0 Å². The standard InChI is InChI=1S/C13H22N2/c1-4-6-11-8-13(10(3)14)15-9-12(11)7-5-2/h8-10H,4-7,14H2,1-3H3. The van der Waals surface area contributed by atoms with Gasteiger partial charge in [-0.3, -0.25) is 4.98 Å². The van der Waals surface area contributed by atoms with E-state index < -0.39 is 0 Å². The molecule has 0 saturated carbocycles. The van der Waals surface area contributed by atoms with Crippen LogP contribution < -0.4 is 5.73 Å². The van der Waals surface area contributed by atoms with E-state index in [0.717, 1.165) is 18.5 Å².